The second kappa shape index (κ2) is 16.9. The standard InChI is InChI=1S/C40H54O9/c1-39-16-15-33-32-14-12-31(49-28-29-8-4-3-5-9-29)26-30(32)11-13-34(33)35(39)27-40(37(39)41,38(42)43-2)17-19-44-20-21-45-22-23-46-24-25-48-36-10-6-7-18-47-36/h3-5,8-9,12,14,26,33-36H,6-7,10-11,13,15-25,27-28H2,1-2H3/t33-,34-,35+,36?,39+,40?/m1/s1. The summed E-state index contributed by atoms with van der Waals surface area (Å²) in [6, 6.07) is 16.8. The van der Waals surface area contributed by atoms with Crippen molar-refractivity contribution in [2.24, 2.45) is 22.7 Å². The first-order valence-electron chi connectivity index (χ1n) is 18.3. The number of carbonyl (C=O) groups is 2. The molecule has 0 radical (unpaired) electrons. The molecule has 0 spiro atoms. The largest absolute Gasteiger partial charge is 0.489 e. The molecule has 49 heavy (non-hydrogen) atoms. The van der Waals surface area contributed by atoms with Crippen LogP contribution in [0.2, 0.25) is 0 Å². The average Bonchev–Trinajstić information content (AvgIpc) is 3.38. The summed E-state index contributed by atoms with van der Waals surface area (Å²) in [6.07, 6.45) is 7.62. The van der Waals surface area contributed by atoms with E-state index in [0.717, 1.165) is 62.9 Å². The Kier molecular flexibility index (Phi) is 12.4. The Morgan fingerprint density at radius 1 is 0.898 bits per heavy atom. The van der Waals surface area contributed by atoms with Crippen LogP contribution in [0.5, 0.6) is 5.75 Å². The van der Waals surface area contributed by atoms with Crippen molar-refractivity contribution >= 4 is 11.8 Å². The fraction of sp³-hybridized carbons (Fsp3) is 0.650. The molecule has 0 N–H and O–H groups in total. The van der Waals surface area contributed by atoms with E-state index in [0.29, 0.717) is 77.5 Å². The van der Waals surface area contributed by atoms with Gasteiger partial charge in [-0.1, -0.05) is 43.3 Å². The van der Waals surface area contributed by atoms with Gasteiger partial charge in [-0.15, -0.1) is 0 Å². The number of ketones is 1. The van der Waals surface area contributed by atoms with E-state index in [2.05, 4.69) is 37.3 Å². The van der Waals surface area contributed by atoms with Crippen molar-refractivity contribution < 1.29 is 42.7 Å². The molecule has 1 saturated heterocycles. The molecule has 4 aliphatic rings. The molecular weight excluding hydrogens is 624 g/mol. The Hall–Kier alpha value is -2.82. The van der Waals surface area contributed by atoms with E-state index in [4.69, 9.17) is 33.2 Å². The molecule has 1 heterocycles. The van der Waals surface area contributed by atoms with Crippen molar-refractivity contribution in [2.75, 3.05) is 60.0 Å². The fourth-order valence-electron chi connectivity index (χ4n) is 8.94. The van der Waals surface area contributed by atoms with Gasteiger partial charge in [0, 0.05) is 18.6 Å². The number of benzene rings is 2. The van der Waals surface area contributed by atoms with Crippen LogP contribution in [-0.4, -0.2) is 78.0 Å². The van der Waals surface area contributed by atoms with Crippen LogP contribution in [0.15, 0.2) is 48.5 Å². The molecule has 2 aromatic rings. The van der Waals surface area contributed by atoms with Gasteiger partial charge in [-0.2, -0.15) is 0 Å². The molecule has 2 unspecified atom stereocenters. The maximum atomic E-state index is 14.3. The molecule has 2 saturated carbocycles. The third-order valence-electron chi connectivity index (χ3n) is 11.5. The van der Waals surface area contributed by atoms with E-state index in [-0.39, 0.29) is 18.0 Å². The Balaban J connectivity index is 0.968. The smallest absolute Gasteiger partial charge is 0.319 e. The van der Waals surface area contributed by atoms with Crippen LogP contribution in [0.3, 0.4) is 0 Å². The summed E-state index contributed by atoms with van der Waals surface area (Å²) >= 11 is 0. The lowest BCUT2D eigenvalue weighted by molar-refractivity contribution is -0.169. The van der Waals surface area contributed by atoms with Crippen LogP contribution in [0.25, 0.3) is 0 Å². The number of aryl methyl sites for hydroxylation is 1. The summed E-state index contributed by atoms with van der Waals surface area (Å²) in [4.78, 5) is 27.7. The lowest BCUT2D eigenvalue weighted by Gasteiger charge is -2.48. The number of hydrogen-bond acceptors (Lipinski definition) is 9. The van der Waals surface area contributed by atoms with Gasteiger partial charge in [0.1, 0.15) is 17.8 Å². The highest BCUT2D eigenvalue weighted by atomic mass is 16.7. The summed E-state index contributed by atoms with van der Waals surface area (Å²) in [7, 11) is 1.39. The van der Waals surface area contributed by atoms with Gasteiger partial charge in [0.15, 0.2) is 12.1 Å². The monoisotopic (exact) mass is 678 g/mol. The number of methoxy groups -OCH3 is 1. The third-order valence-corrected chi connectivity index (χ3v) is 11.5. The van der Waals surface area contributed by atoms with Crippen molar-refractivity contribution in [1.29, 1.82) is 0 Å². The second-order valence-corrected chi connectivity index (χ2v) is 14.4. The normalized spacial score (nSPS) is 29.1. The number of carbonyl (C=O) groups excluding carboxylic acids is 2. The summed E-state index contributed by atoms with van der Waals surface area (Å²) < 4.78 is 39.8. The predicted octanol–water partition coefficient (Wildman–Crippen LogP) is 6.44. The molecule has 0 bridgehead atoms. The van der Waals surface area contributed by atoms with Crippen LogP contribution in [0.4, 0.5) is 0 Å². The van der Waals surface area contributed by atoms with Crippen molar-refractivity contribution in [1.82, 2.24) is 0 Å². The minimum Gasteiger partial charge on any atom is -0.489 e. The van der Waals surface area contributed by atoms with Gasteiger partial charge in [-0.05, 0) is 104 Å². The van der Waals surface area contributed by atoms with Crippen molar-refractivity contribution in [3.05, 3.63) is 65.2 Å². The highest BCUT2D eigenvalue weighted by Crippen LogP contribution is 2.64. The highest BCUT2D eigenvalue weighted by Gasteiger charge is 2.66. The van der Waals surface area contributed by atoms with Gasteiger partial charge in [0.05, 0.1) is 46.8 Å². The van der Waals surface area contributed by atoms with E-state index >= 15 is 0 Å². The zero-order valence-electron chi connectivity index (χ0n) is 29.3. The van der Waals surface area contributed by atoms with E-state index in [1.807, 2.05) is 18.2 Å². The van der Waals surface area contributed by atoms with Gasteiger partial charge in [-0.3, -0.25) is 9.59 Å². The molecule has 3 fully saturated rings. The molecule has 9 heteroatoms. The second-order valence-electron chi connectivity index (χ2n) is 14.4. The van der Waals surface area contributed by atoms with Crippen molar-refractivity contribution in [3.8, 4) is 5.75 Å². The number of rotatable bonds is 17. The van der Waals surface area contributed by atoms with Crippen LogP contribution < -0.4 is 4.74 Å². The Morgan fingerprint density at radius 3 is 2.39 bits per heavy atom. The van der Waals surface area contributed by atoms with Crippen LogP contribution >= 0.6 is 0 Å². The number of fused-ring (bicyclic) bond motifs is 5. The van der Waals surface area contributed by atoms with Crippen LogP contribution in [0, 0.1) is 22.7 Å². The maximum Gasteiger partial charge on any atom is 0.319 e. The Bertz CT molecular complexity index is 1380. The molecule has 6 atom stereocenters. The molecule has 9 nitrogen and oxygen atoms in total. The maximum absolute atomic E-state index is 14.3. The summed E-state index contributed by atoms with van der Waals surface area (Å²) in [6.45, 7) is 6.46. The minimum atomic E-state index is -1.17. The first kappa shape index (κ1) is 36.0. The number of esters is 1. The highest BCUT2D eigenvalue weighted by molar-refractivity contribution is 6.08. The Morgan fingerprint density at radius 2 is 1.65 bits per heavy atom. The first-order valence-corrected chi connectivity index (χ1v) is 18.3. The summed E-state index contributed by atoms with van der Waals surface area (Å²) in [5.74, 6) is 1.37. The molecule has 2 aromatic carbocycles. The first-order chi connectivity index (χ1) is 23.9. The average molecular weight is 679 g/mol. The molecule has 1 aliphatic heterocycles. The molecule has 268 valence electrons. The quantitative estimate of drug-likeness (QED) is 0.106. The van der Waals surface area contributed by atoms with E-state index < -0.39 is 16.8 Å². The predicted molar refractivity (Wildman–Crippen MR) is 183 cm³/mol. The van der Waals surface area contributed by atoms with Crippen LogP contribution in [-0.2, 0) is 51.0 Å². The van der Waals surface area contributed by atoms with Crippen LogP contribution in [0.1, 0.15) is 80.9 Å². The number of hydrogen-bond donors (Lipinski definition) is 0. The van der Waals surface area contributed by atoms with Gasteiger partial charge in [-0.25, -0.2) is 0 Å². The lowest BCUT2D eigenvalue weighted by Crippen LogP contribution is -2.45. The summed E-state index contributed by atoms with van der Waals surface area (Å²) in [5, 5.41) is 0. The van der Waals surface area contributed by atoms with Gasteiger partial charge in [0.25, 0.3) is 0 Å². The molecular formula is C40H54O9. The van der Waals surface area contributed by atoms with E-state index in [9.17, 15) is 9.59 Å². The van der Waals surface area contributed by atoms with E-state index in [1.54, 1.807) is 0 Å². The lowest BCUT2D eigenvalue weighted by atomic mass is 9.55. The minimum absolute atomic E-state index is 0.0433. The van der Waals surface area contributed by atoms with E-state index in [1.165, 1.54) is 18.2 Å². The third kappa shape index (κ3) is 8.23. The van der Waals surface area contributed by atoms with Gasteiger partial charge < -0.3 is 33.2 Å². The van der Waals surface area contributed by atoms with Gasteiger partial charge >= 0.3 is 5.97 Å². The topological polar surface area (TPSA) is 98.8 Å². The SMILES string of the molecule is COC(=O)C1(CCOCCOCCOCCOC2CCCCO2)C[C@H]2[C@@H]3CCc4cc(OCc5ccccc5)ccc4[C@H]3CC[C@]2(C)C1=O. The summed E-state index contributed by atoms with van der Waals surface area (Å²) in [5.41, 5.74) is 2.17. The zero-order chi connectivity index (χ0) is 34.1. The number of ether oxygens (including phenoxy) is 7. The zero-order valence-corrected chi connectivity index (χ0v) is 29.3. The van der Waals surface area contributed by atoms with Gasteiger partial charge in [0.2, 0.25) is 0 Å². The Labute approximate surface area is 291 Å². The molecule has 3 aliphatic carbocycles. The molecule has 0 aromatic heterocycles. The molecule has 0 amide bonds. The number of Topliss-reactive ketones (excluding diaryl/α,β-unsaturated/α-hetero) is 1. The van der Waals surface area contributed by atoms with Crippen molar-refractivity contribution in [2.45, 2.75) is 83.5 Å². The molecule has 6 rings (SSSR count). The van der Waals surface area contributed by atoms with Crippen molar-refractivity contribution in [3.63, 3.8) is 0 Å². The fourth-order valence-corrected chi connectivity index (χ4v) is 8.94.